The molecule has 31 heavy (non-hydrogen) atoms. The molecule has 1 aromatic carbocycles. The number of piperidine rings is 1. The van der Waals surface area contributed by atoms with Crippen molar-refractivity contribution in [2.24, 2.45) is 16.6 Å². The minimum absolute atomic E-state index is 0. The minimum atomic E-state index is -0.483. The van der Waals surface area contributed by atoms with E-state index >= 15 is 0 Å². The molecular weight excluding hydrogens is 507 g/mol. The summed E-state index contributed by atoms with van der Waals surface area (Å²) in [6.07, 6.45) is 7.89. The summed E-state index contributed by atoms with van der Waals surface area (Å²) >= 11 is 0. The van der Waals surface area contributed by atoms with Crippen molar-refractivity contribution in [1.29, 1.82) is 0 Å². The van der Waals surface area contributed by atoms with Gasteiger partial charge in [0.15, 0.2) is 12.6 Å². The molecule has 1 heterocycles. The molecule has 1 aliphatic carbocycles. The molecule has 1 saturated heterocycles. The van der Waals surface area contributed by atoms with Crippen molar-refractivity contribution in [3.05, 3.63) is 29.8 Å². The molecule has 0 spiro atoms. The first-order valence-electron chi connectivity index (χ1n) is 11.3. The Kier molecular flexibility index (Phi) is 11.4. The van der Waals surface area contributed by atoms with Crippen LogP contribution in [0.1, 0.15) is 51.0 Å². The van der Waals surface area contributed by atoms with E-state index in [0.717, 1.165) is 56.5 Å². The van der Waals surface area contributed by atoms with Crippen LogP contribution in [0.2, 0.25) is 0 Å². The summed E-state index contributed by atoms with van der Waals surface area (Å²) in [5.41, 5.74) is 6.17. The van der Waals surface area contributed by atoms with Gasteiger partial charge in [-0.3, -0.25) is 4.79 Å². The molecule has 0 atom stereocenters. The van der Waals surface area contributed by atoms with Gasteiger partial charge in [0.1, 0.15) is 5.75 Å². The molecule has 2 fully saturated rings. The number of hydrogen-bond acceptors (Lipinski definition) is 4. The molecule has 0 aromatic heterocycles. The van der Waals surface area contributed by atoms with Gasteiger partial charge in [-0.2, -0.15) is 0 Å². The molecule has 174 valence electrons. The number of guanidine groups is 1. The first-order chi connectivity index (χ1) is 14.6. The summed E-state index contributed by atoms with van der Waals surface area (Å²) in [4.78, 5) is 18.1. The van der Waals surface area contributed by atoms with E-state index in [2.05, 4.69) is 17.1 Å². The number of nitrogens with zero attached hydrogens (tertiary/aromatic N) is 2. The average molecular weight is 544 g/mol. The maximum atomic E-state index is 10.9. The number of nitrogens with two attached hydrogens (primary N) is 1. The predicted octanol–water partition coefficient (Wildman–Crippen LogP) is 3.31. The molecular formula is C23H37IN4O3. The molecule has 1 aliphatic heterocycles. The first-order valence-corrected chi connectivity index (χ1v) is 11.3. The average Bonchev–Trinajstić information content (AvgIpc) is 3.28. The van der Waals surface area contributed by atoms with Crippen LogP contribution in [0.15, 0.2) is 29.3 Å². The van der Waals surface area contributed by atoms with E-state index in [1.54, 1.807) is 0 Å². The van der Waals surface area contributed by atoms with Crippen molar-refractivity contribution in [2.45, 2.75) is 58.1 Å². The normalized spacial score (nSPS) is 18.0. The second kappa shape index (κ2) is 13.8. The maximum absolute atomic E-state index is 10.9. The summed E-state index contributed by atoms with van der Waals surface area (Å²) in [6.45, 7) is 6.21. The van der Waals surface area contributed by atoms with Gasteiger partial charge >= 0.3 is 0 Å². The van der Waals surface area contributed by atoms with E-state index in [4.69, 9.17) is 20.2 Å². The molecule has 8 heteroatoms. The Labute approximate surface area is 203 Å². The van der Waals surface area contributed by atoms with Crippen LogP contribution in [-0.4, -0.2) is 55.7 Å². The van der Waals surface area contributed by atoms with Gasteiger partial charge in [0.05, 0.1) is 12.6 Å². The van der Waals surface area contributed by atoms with Gasteiger partial charge in [0.2, 0.25) is 0 Å². The van der Waals surface area contributed by atoms with Crippen LogP contribution in [0.4, 0.5) is 0 Å². The van der Waals surface area contributed by atoms with E-state index in [0.29, 0.717) is 18.4 Å². The second-order valence-corrected chi connectivity index (χ2v) is 8.24. The van der Waals surface area contributed by atoms with Crippen LogP contribution in [-0.2, 0) is 16.1 Å². The number of nitrogens with one attached hydrogen (secondary N) is 1. The van der Waals surface area contributed by atoms with E-state index < -0.39 is 5.91 Å². The molecule has 7 nitrogen and oxygen atoms in total. The van der Waals surface area contributed by atoms with Gasteiger partial charge < -0.3 is 25.4 Å². The number of carbonyl (C=O) groups excluding carboxylic acids is 1. The molecule has 1 aromatic rings. The fraction of sp³-hybridized carbons (Fsp3) is 0.652. The highest BCUT2D eigenvalue weighted by molar-refractivity contribution is 14.0. The SMILES string of the molecule is CCNC(=NCc1cccc(OCC(N)=O)c1)N1CCC(OCC2CCCC2)CC1.I. The monoisotopic (exact) mass is 544 g/mol. The molecule has 2 aliphatic rings. The number of amides is 1. The van der Waals surface area contributed by atoms with Gasteiger partial charge in [-0.1, -0.05) is 25.0 Å². The van der Waals surface area contributed by atoms with E-state index in [1.807, 2.05) is 24.3 Å². The Morgan fingerprint density at radius 2 is 1.97 bits per heavy atom. The number of primary amides is 1. The number of aliphatic imine (C=N–C) groups is 1. The minimum Gasteiger partial charge on any atom is -0.484 e. The topological polar surface area (TPSA) is 89.2 Å². The Morgan fingerprint density at radius 1 is 1.23 bits per heavy atom. The van der Waals surface area contributed by atoms with E-state index in [1.165, 1.54) is 25.7 Å². The quantitative estimate of drug-likeness (QED) is 0.283. The smallest absolute Gasteiger partial charge is 0.255 e. The third kappa shape index (κ3) is 8.84. The largest absolute Gasteiger partial charge is 0.484 e. The molecule has 1 amide bonds. The Bertz CT molecular complexity index is 702. The molecule has 0 unspecified atom stereocenters. The standard InChI is InChI=1S/C23H36N4O3.HI/c1-2-25-23(26-15-19-8-5-9-21(14-19)30-17-22(24)28)27-12-10-20(11-13-27)29-16-18-6-3-4-7-18;/h5,8-9,14,18,20H,2-4,6-7,10-13,15-17H2,1H3,(H2,24,28)(H,25,26);1H. The molecule has 3 rings (SSSR count). The zero-order valence-electron chi connectivity index (χ0n) is 18.6. The second-order valence-electron chi connectivity index (χ2n) is 8.24. The third-order valence-electron chi connectivity index (χ3n) is 5.81. The zero-order valence-corrected chi connectivity index (χ0v) is 20.9. The van der Waals surface area contributed by atoms with Crippen molar-refractivity contribution in [1.82, 2.24) is 10.2 Å². The van der Waals surface area contributed by atoms with Gasteiger partial charge in [0, 0.05) is 26.2 Å². The van der Waals surface area contributed by atoms with E-state index in [9.17, 15) is 4.79 Å². The highest BCUT2D eigenvalue weighted by atomic mass is 127. The fourth-order valence-electron chi connectivity index (χ4n) is 4.16. The highest BCUT2D eigenvalue weighted by Crippen LogP contribution is 2.26. The maximum Gasteiger partial charge on any atom is 0.255 e. The number of likely N-dealkylation sites (tertiary alicyclic amines) is 1. The lowest BCUT2D eigenvalue weighted by atomic mass is 10.1. The molecule has 3 N–H and O–H groups in total. The summed E-state index contributed by atoms with van der Waals surface area (Å²) < 4.78 is 11.6. The van der Waals surface area contributed by atoms with Crippen LogP contribution in [0.3, 0.4) is 0 Å². The summed E-state index contributed by atoms with van der Waals surface area (Å²) in [5, 5.41) is 3.41. The molecule has 1 saturated carbocycles. The summed E-state index contributed by atoms with van der Waals surface area (Å²) in [5.74, 6) is 1.87. The number of hydrogen-bond donors (Lipinski definition) is 2. The van der Waals surface area contributed by atoms with Gasteiger partial charge in [-0.15, -0.1) is 24.0 Å². The Balaban J connectivity index is 0.00000341. The van der Waals surface area contributed by atoms with Crippen LogP contribution in [0, 0.1) is 5.92 Å². The van der Waals surface area contributed by atoms with E-state index in [-0.39, 0.29) is 30.6 Å². The molecule has 0 radical (unpaired) electrons. The predicted molar refractivity (Wildman–Crippen MR) is 134 cm³/mol. The van der Waals surface area contributed by atoms with Gasteiger partial charge in [0.25, 0.3) is 5.91 Å². The number of benzene rings is 1. The van der Waals surface area contributed by atoms with Crippen LogP contribution in [0.25, 0.3) is 0 Å². The summed E-state index contributed by atoms with van der Waals surface area (Å²) in [6, 6.07) is 7.63. The number of rotatable bonds is 9. The lowest BCUT2D eigenvalue weighted by Crippen LogP contribution is -2.47. The number of carbonyl (C=O) groups is 1. The van der Waals surface area contributed by atoms with Crippen LogP contribution < -0.4 is 15.8 Å². The first kappa shape index (κ1) is 25.7. The Hall–Kier alpha value is -1.55. The summed E-state index contributed by atoms with van der Waals surface area (Å²) in [7, 11) is 0. The van der Waals surface area contributed by atoms with Crippen molar-refractivity contribution < 1.29 is 14.3 Å². The lowest BCUT2D eigenvalue weighted by Gasteiger charge is -2.34. The third-order valence-corrected chi connectivity index (χ3v) is 5.81. The van der Waals surface area contributed by atoms with Gasteiger partial charge in [-0.05, 0) is 56.2 Å². The Morgan fingerprint density at radius 3 is 2.65 bits per heavy atom. The number of halogens is 1. The molecule has 0 bridgehead atoms. The van der Waals surface area contributed by atoms with Crippen molar-refractivity contribution >= 4 is 35.8 Å². The lowest BCUT2D eigenvalue weighted by molar-refractivity contribution is -0.119. The fourth-order valence-corrected chi connectivity index (χ4v) is 4.16. The van der Waals surface area contributed by atoms with Crippen molar-refractivity contribution in [3.63, 3.8) is 0 Å². The van der Waals surface area contributed by atoms with Crippen molar-refractivity contribution in [3.8, 4) is 5.75 Å². The van der Waals surface area contributed by atoms with Crippen molar-refractivity contribution in [2.75, 3.05) is 32.8 Å². The van der Waals surface area contributed by atoms with Crippen LogP contribution >= 0.6 is 24.0 Å². The zero-order chi connectivity index (χ0) is 21.2. The van der Waals surface area contributed by atoms with Gasteiger partial charge in [-0.25, -0.2) is 4.99 Å². The van der Waals surface area contributed by atoms with Crippen LogP contribution in [0.5, 0.6) is 5.75 Å². The highest BCUT2D eigenvalue weighted by Gasteiger charge is 2.23. The number of ether oxygens (including phenoxy) is 2.